The first-order chi connectivity index (χ1) is 19.0. The Hall–Kier alpha value is -3.72. The van der Waals surface area contributed by atoms with Gasteiger partial charge in [0.1, 0.15) is 18.5 Å². The molecule has 3 aromatic rings. The Morgan fingerprint density at radius 1 is 1.05 bits per heavy atom. The summed E-state index contributed by atoms with van der Waals surface area (Å²) in [4.78, 5) is 21.3. The van der Waals surface area contributed by atoms with Crippen LogP contribution < -0.4 is 4.74 Å². The lowest BCUT2D eigenvalue weighted by molar-refractivity contribution is -0.129. The third-order valence-electron chi connectivity index (χ3n) is 7.32. The molecule has 0 aliphatic carbocycles. The highest BCUT2D eigenvalue weighted by atomic mass is 16.5. The van der Waals surface area contributed by atoms with Crippen molar-refractivity contribution in [1.29, 1.82) is 0 Å². The van der Waals surface area contributed by atoms with Crippen LogP contribution in [0.3, 0.4) is 0 Å². The molecule has 2 unspecified atom stereocenters. The Kier molecular flexibility index (Phi) is 8.56. The highest BCUT2D eigenvalue weighted by Gasteiger charge is 2.43. The molecule has 8 heteroatoms. The number of aliphatic hydroxyl groups excluding tert-OH is 2. The maximum Gasteiger partial charge on any atom is 0.289 e. The van der Waals surface area contributed by atoms with Gasteiger partial charge in [0.05, 0.1) is 19.3 Å². The van der Waals surface area contributed by atoms with Crippen molar-refractivity contribution in [2.75, 3.05) is 39.4 Å². The van der Waals surface area contributed by atoms with Crippen LogP contribution in [0.4, 0.5) is 0 Å². The van der Waals surface area contributed by atoms with Crippen molar-refractivity contribution >= 4 is 5.91 Å². The summed E-state index contributed by atoms with van der Waals surface area (Å²) in [7, 11) is 0. The summed E-state index contributed by atoms with van der Waals surface area (Å²) >= 11 is 0. The van der Waals surface area contributed by atoms with E-state index in [-0.39, 0.29) is 5.57 Å². The van der Waals surface area contributed by atoms with Crippen LogP contribution >= 0.6 is 0 Å². The lowest BCUT2D eigenvalue weighted by Crippen LogP contribution is -2.39. The fourth-order valence-corrected chi connectivity index (χ4v) is 5.27. The number of pyridine rings is 1. The van der Waals surface area contributed by atoms with Crippen LogP contribution in [0.25, 0.3) is 0 Å². The van der Waals surface area contributed by atoms with E-state index >= 15 is 0 Å². The van der Waals surface area contributed by atoms with Gasteiger partial charge in [-0.15, -0.1) is 0 Å². The number of aryl methyl sites for hydroxylation is 1. The molecule has 2 N–H and O–H groups in total. The Bertz CT molecular complexity index is 1290. The quantitative estimate of drug-likeness (QED) is 0.408. The fraction of sp³-hybridized carbons (Fsp3) is 0.355. The summed E-state index contributed by atoms with van der Waals surface area (Å²) in [5.41, 5.74) is 3.90. The molecule has 1 amide bonds. The van der Waals surface area contributed by atoms with E-state index in [4.69, 9.17) is 9.47 Å². The Labute approximate surface area is 229 Å². The Morgan fingerprint density at radius 2 is 1.79 bits per heavy atom. The van der Waals surface area contributed by atoms with Crippen LogP contribution in [0.5, 0.6) is 5.75 Å². The van der Waals surface area contributed by atoms with Crippen molar-refractivity contribution in [3.8, 4) is 5.75 Å². The molecule has 5 rings (SSSR count). The molecule has 0 saturated carbocycles. The second-order valence-electron chi connectivity index (χ2n) is 10.0. The number of hydrogen-bond donors (Lipinski definition) is 2. The van der Waals surface area contributed by atoms with E-state index in [0.717, 1.165) is 50.4 Å². The van der Waals surface area contributed by atoms with Crippen molar-refractivity contribution in [3.05, 3.63) is 107 Å². The molecule has 3 heterocycles. The largest absolute Gasteiger partial charge is 0.503 e. The van der Waals surface area contributed by atoms with Crippen LogP contribution in [0, 0.1) is 6.92 Å². The van der Waals surface area contributed by atoms with Crippen molar-refractivity contribution < 1.29 is 24.5 Å². The van der Waals surface area contributed by atoms with Gasteiger partial charge in [0, 0.05) is 44.1 Å². The number of amides is 1. The van der Waals surface area contributed by atoms with Gasteiger partial charge in [0.2, 0.25) is 0 Å². The van der Waals surface area contributed by atoms with Crippen molar-refractivity contribution in [2.45, 2.75) is 32.1 Å². The molecule has 2 aliphatic rings. The topological polar surface area (TPSA) is 95.4 Å². The summed E-state index contributed by atoms with van der Waals surface area (Å²) in [6.45, 7) is 6.96. The number of morpholine rings is 1. The zero-order valence-corrected chi connectivity index (χ0v) is 22.2. The molecule has 1 fully saturated rings. The van der Waals surface area contributed by atoms with Gasteiger partial charge in [-0.1, -0.05) is 42.0 Å². The van der Waals surface area contributed by atoms with E-state index in [1.165, 1.54) is 5.56 Å². The second-order valence-corrected chi connectivity index (χ2v) is 10.0. The van der Waals surface area contributed by atoms with Gasteiger partial charge in [-0.2, -0.15) is 0 Å². The van der Waals surface area contributed by atoms with E-state index in [1.807, 2.05) is 37.3 Å². The number of nitrogens with zero attached hydrogens (tertiary/aromatic N) is 3. The van der Waals surface area contributed by atoms with E-state index in [2.05, 4.69) is 16.0 Å². The molecule has 8 nitrogen and oxygen atoms in total. The lowest BCUT2D eigenvalue weighted by atomic mass is 9.92. The minimum absolute atomic E-state index is 0.283. The van der Waals surface area contributed by atoms with E-state index in [9.17, 15) is 15.0 Å². The zero-order chi connectivity index (χ0) is 27.2. The molecule has 1 saturated heterocycles. The summed E-state index contributed by atoms with van der Waals surface area (Å²) in [6.07, 6.45) is 2.90. The summed E-state index contributed by atoms with van der Waals surface area (Å²) < 4.78 is 11.3. The number of benzene rings is 2. The number of ether oxygens (including phenoxy) is 2. The molecular weight excluding hydrogens is 494 g/mol. The molecule has 39 heavy (non-hydrogen) atoms. The van der Waals surface area contributed by atoms with Crippen molar-refractivity contribution in [1.82, 2.24) is 14.8 Å². The first kappa shape index (κ1) is 26.9. The number of aliphatic hydroxyl groups is 2. The van der Waals surface area contributed by atoms with Crippen molar-refractivity contribution in [3.63, 3.8) is 0 Å². The average molecular weight is 530 g/mol. The van der Waals surface area contributed by atoms with Crippen LogP contribution in [-0.4, -0.2) is 70.3 Å². The van der Waals surface area contributed by atoms with Crippen LogP contribution in [0.2, 0.25) is 0 Å². The standard InChI is InChI=1S/C31H35N3O5/c1-22-4-2-5-23(20-22)21-39-26-8-6-25(7-9-26)29(35)27-28(24-10-12-32-13-11-24)34(31(37)30(27)36)15-3-14-33-16-18-38-19-17-33/h2,4-13,20,28-29,35-36H,3,14-19,21H2,1H3. The molecule has 0 bridgehead atoms. The monoisotopic (exact) mass is 529 g/mol. The minimum Gasteiger partial charge on any atom is -0.503 e. The number of aromatic nitrogens is 1. The lowest BCUT2D eigenvalue weighted by Gasteiger charge is -2.31. The number of rotatable bonds is 10. The van der Waals surface area contributed by atoms with Gasteiger partial charge in [-0.3, -0.25) is 14.7 Å². The van der Waals surface area contributed by atoms with E-state index < -0.39 is 23.8 Å². The summed E-state index contributed by atoms with van der Waals surface area (Å²) in [5, 5.41) is 22.4. The van der Waals surface area contributed by atoms with Crippen LogP contribution in [-0.2, 0) is 16.1 Å². The van der Waals surface area contributed by atoms with Gasteiger partial charge in [0.25, 0.3) is 5.91 Å². The molecule has 0 radical (unpaired) electrons. The molecule has 0 spiro atoms. The van der Waals surface area contributed by atoms with Gasteiger partial charge < -0.3 is 24.6 Å². The second kappa shape index (κ2) is 12.4. The number of carbonyl (C=O) groups is 1. The highest BCUT2D eigenvalue weighted by Crippen LogP contribution is 2.43. The normalized spacial score (nSPS) is 19.0. The molecule has 2 aromatic carbocycles. The number of carbonyl (C=O) groups excluding carboxylic acids is 1. The molecule has 204 valence electrons. The Morgan fingerprint density at radius 3 is 2.51 bits per heavy atom. The third-order valence-corrected chi connectivity index (χ3v) is 7.32. The van der Waals surface area contributed by atoms with Gasteiger partial charge in [-0.05, 0) is 54.3 Å². The predicted molar refractivity (Wildman–Crippen MR) is 147 cm³/mol. The van der Waals surface area contributed by atoms with Crippen molar-refractivity contribution in [2.24, 2.45) is 0 Å². The highest BCUT2D eigenvalue weighted by molar-refractivity contribution is 5.96. The van der Waals surface area contributed by atoms with Gasteiger partial charge >= 0.3 is 0 Å². The third kappa shape index (κ3) is 6.30. The Balaban J connectivity index is 1.31. The summed E-state index contributed by atoms with van der Waals surface area (Å²) in [5.74, 6) is -0.190. The maximum absolute atomic E-state index is 13.3. The van der Waals surface area contributed by atoms with Gasteiger partial charge in [-0.25, -0.2) is 0 Å². The molecular formula is C31H35N3O5. The molecule has 2 aliphatic heterocycles. The van der Waals surface area contributed by atoms with Crippen LogP contribution in [0.15, 0.2) is 84.4 Å². The number of hydrogen-bond acceptors (Lipinski definition) is 7. The first-order valence-corrected chi connectivity index (χ1v) is 13.4. The summed E-state index contributed by atoms with van der Waals surface area (Å²) in [6, 6.07) is 18.3. The van der Waals surface area contributed by atoms with E-state index in [0.29, 0.717) is 24.5 Å². The smallest absolute Gasteiger partial charge is 0.289 e. The minimum atomic E-state index is -1.16. The molecule has 2 atom stereocenters. The zero-order valence-electron chi connectivity index (χ0n) is 22.2. The van der Waals surface area contributed by atoms with Crippen LogP contribution in [0.1, 0.15) is 40.8 Å². The molecule has 1 aromatic heterocycles. The average Bonchev–Trinajstić information content (AvgIpc) is 3.22. The predicted octanol–water partition coefficient (Wildman–Crippen LogP) is 4.12. The van der Waals surface area contributed by atoms with Gasteiger partial charge in [0.15, 0.2) is 5.76 Å². The fourth-order valence-electron chi connectivity index (χ4n) is 5.27. The maximum atomic E-state index is 13.3. The SMILES string of the molecule is Cc1cccc(COc2ccc(C(O)C3=C(O)C(=O)N(CCCN4CCOCC4)C3c3ccncc3)cc2)c1. The first-order valence-electron chi connectivity index (χ1n) is 13.4. The van der Waals surface area contributed by atoms with E-state index in [1.54, 1.807) is 41.6 Å².